The van der Waals surface area contributed by atoms with Crippen molar-refractivity contribution in [2.24, 2.45) is 7.05 Å². The zero-order valence-electron chi connectivity index (χ0n) is 17.4. The highest BCUT2D eigenvalue weighted by Crippen LogP contribution is 2.21. The zero-order chi connectivity index (χ0) is 20.5. The Hall–Kier alpha value is -3.34. The van der Waals surface area contributed by atoms with Gasteiger partial charge in [0.25, 0.3) is 5.91 Å². The Balaban J connectivity index is 1.45. The lowest BCUT2D eigenvalue weighted by Gasteiger charge is -2.09. The minimum Gasteiger partial charge on any atom is -0.350 e. The lowest BCUT2D eigenvalue weighted by molar-refractivity contribution is 0.0951. The van der Waals surface area contributed by atoms with Gasteiger partial charge in [-0.25, -0.2) is 0 Å². The van der Waals surface area contributed by atoms with Crippen molar-refractivity contribution in [3.05, 3.63) is 88.4 Å². The van der Waals surface area contributed by atoms with Gasteiger partial charge in [-0.15, -0.1) is 0 Å². The highest BCUT2D eigenvalue weighted by molar-refractivity contribution is 5.98. The van der Waals surface area contributed by atoms with Crippen molar-refractivity contribution in [3.8, 4) is 0 Å². The molecule has 4 rings (SSSR count). The molecule has 0 radical (unpaired) electrons. The van der Waals surface area contributed by atoms with E-state index < -0.39 is 0 Å². The minimum absolute atomic E-state index is 0.0564. The number of nitrogens with zero attached hydrogens (tertiary/aromatic N) is 3. The summed E-state index contributed by atoms with van der Waals surface area (Å²) in [5, 5.41) is 8.69. The lowest BCUT2D eigenvalue weighted by Crippen LogP contribution is -2.22. The number of carbonyl (C=O) groups excluding carboxylic acids is 1. The molecular formula is C24H26N4O. The molecule has 5 nitrogen and oxygen atoms in total. The molecule has 0 spiro atoms. The van der Waals surface area contributed by atoms with Crippen LogP contribution in [-0.2, 0) is 20.1 Å². The fourth-order valence-corrected chi connectivity index (χ4v) is 3.86. The second kappa shape index (κ2) is 7.59. The fourth-order valence-electron chi connectivity index (χ4n) is 3.86. The molecule has 5 heteroatoms. The first-order valence-electron chi connectivity index (χ1n) is 9.83. The maximum Gasteiger partial charge on any atom is 0.251 e. The molecule has 0 saturated heterocycles. The topological polar surface area (TPSA) is 51.9 Å². The van der Waals surface area contributed by atoms with E-state index in [-0.39, 0.29) is 5.91 Å². The van der Waals surface area contributed by atoms with Gasteiger partial charge in [0, 0.05) is 41.9 Å². The van der Waals surface area contributed by atoms with Crippen LogP contribution in [0.3, 0.4) is 0 Å². The Morgan fingerprint density at radius 3 is 2.59 bits per heavy atom. The normalized spacial score (nSPS) is 11.2. The molecule has 4 aromatic rings. The number of benzene rings is 2. The standard InChI is InChI=1S/C24H26N4O/c1-16-14-27(4)23-9-8-21(12-22(16)23)24(29)25-13-19-6-5-7-20(11-19)15-28-18(3)10-17(2)26-28/h5-12,14H,13,15H2,1-4H3,(H,25,29). The van der Waals surface area contributed by atoms with Crippen molar-refractivity contribution < 1.29 is 4.79 Å². The van der Waals surface area contributed by atoms with E-state index in [1.807, 2.05) is 49.0 Å². The van der Waals surface area contributed by atoms with E-state index in [1.165, 1.54) is 11.1 Å². The molecule has 0 aliphatic rings. The summed E-state index contributed by atoms with van der Waals surface area (Å²) >= 11 is 0. The second-order valence-electron chi connectivity index (χ2n) is 7.74. The SMILES string of the molecule is Cc1cc(C)n(Cc2cccc(CNC(=O)c3ccc4c(c3)c(C)cn4C)c2)n1. The minimum atomic E-state index is -0.0564. The second-order valence-corrected chi connectivity index (χ2v) is 7.74. The molecule has 0 bridgehead atoms. The van der Waals surface area contributed by atoms with Gasteiger partial charge in [-0.05, 0) is 61.7 Å². The first kappa shape index (κ1) is 19.0. The van der Waals surface area contributed by atoms with Gasteiger partial charge in [0.2, 0.25) is 0 Å². The van der Waals surface area contributed by atoms with Crippen LogP contribution in [0.4, 0.5) is 0 Å². The summed E-state index contributed by atoms with van der Waals surface area (Å²) in [7, 11) is 2.02. The van der Waals surface area contributed by atoms with Gasteiger partial charge in [-0.3, -0.25) is 9.48 Å². The summed E-state index contributed by atoms with van der Waals surface area (Å²) in [6.07, 6.45) is 2.08. The number of aromatic nitrogens is 3. The number of hydrogen-bond acceptors (Lipinski definition) is 2. The molecule has 0 unspecified atom stereocenters. The Morgan fingerprint density at radius 2 is 1.83 bits per heavy atom. The average Bonchev–Trinajstić information content (AvgIpc) is 3.17. The number of hydrogen-bond donors (Lipinski definition) is 1. The number of fused-ring (bicyclic) bond motifs is 1. The van der Waals surface area contributed by atoms with Crippen LogP contribution in [0.15, 0.2) is 54.7 Å². The van der Waals surface area contributed by atoms with Gasteiger partial charge in [-0.1, -0.05) is 24.3 Å². The quantitative estimate of drug-likeness (QED) is 0.557. The molecule has 148 valence electrons. The van der Waals surface area contributed by atoms with Crippen molar-refractivity contribution in [2.75, 3.05) is 0 Å². The van der Waals surface area contributed by atoms with Crippen LogP contribution in [0.1, 0.15) is 38.4 Å². The van der Waals surface area contributed by atoms with E-state index in [9.17, 15) is 4.79 Å². The van der Waals surface area contributed by atoms with E-state index in [2.05, 4.69) is 53.2 Å². The molecule has 2 heterocycles. The molecule has 2 aromatic heterocycles. The predicted octanol–water partition coefficient (Wildman–Crippen LogP) is 4.28. The maximum absolute atomic E-state index is 12.7. The molecule has 2 aromatic carbocycles. The number of aryl methyl sites for hydroxylation is 4. The van der Waals surface area contributed by atoms with Crippen molar-refractivity contribution in [3.63, 3.8) is 0 Å². The van der Waals surface area contributed by atoms with Crippen LogP contribution < -0.4 is 5.32 Å². The zero-order valence-corrected chi connectivity index (χ0v) is 17.4. The maximum atomic E-state index is 12.7. The molecule has 0 aliphatic heterocycles. The fraction of sp³-hybridized carbons (Fsp3) is 0.250. The summed E-state index contributed by atoms with van der Waals surface area (Å²) in [4.78, 5) is 12.7. The molecule has 1 amide bonds. The summed E-state index contributed by atoms with van der Waals surface area (Å²) in [5.41, 5.74) is 7.42. The highest BCUT2D eigenvalue weighted by Gasteiger charge is 2.10. The van der Waals surface area contributed by atoms with Crippen molar-refractivity contribution in [1.82, 2.24) is 19.7 Å². The van der Waals surface area contributed by atoms with Gasteiger partial charge in [-0.2, -0.15) is 5.10 Å². The monoisotopic (exact) mass is 386 g/mol. The van der Waals surface area contributed by atoms with Crippen molar-refractivity contribution >= 4 is 16.8 Å². The van der Waals surface area contributed by atoms with Gasteiger partial charge < -0.3 is 9.88 Å². The Morgan fingerprint density at radius 1 is 1.03 bits per heavy atom. The van der Waals surface area contributed by atoms with Crippen LogP contribution in [0.5, 0.6) is 0 Å². The van der Waals surface area contributed by atoms with Crippen LogP contribution in [0.25, 0.3) is 10.9 Å². The average molecular weight is 386 g/mol. The smallest absolute Gasteiger partial charge is 0.251 e. The highest BCUT2D eigenvalue weighted by atomic mass is 16.1. The van der Waals surface area contributed by atoms with E-state index in [0.717, 1.165) is 34.4 Å². The van der Waals surface area contributed by atoms with Crippen LogP contribution in [0.2, 0.25) is 0 Å². The molecule has 1 N–H and O–H groups in total. The number of carbonyl (C=O) groups is 1. The molecule has 29 heavy (non-hydrogen) atoms. The van der Waals surface area contributed by atoms with Crippen LogP contribution >= 0.6 is 0 Å². The Kier molecular flexibility index (Phi) is 4.97. The molecular weight excluding hydrogens is 360 g/mol. The summed E-state index contributed by atoms with van der Waals surface area (Å²) in [6, 6.07) is 16.2. The first-order chi connectivity index (χ1) is 13.9. The third-order valence-corrected chi connectivity index (χ3v) is 5.33. The summed E-state index contributed by atoms with van der Waals surface area (Å²) < 4.78 is 4.09. The van der Waals surface area contributed by atoms with Gasteiger partial charge in [0.15, 0.2) is 0 Å². The first-order valence-corrected chi connectivity index (χ1v) is 9.83. The van der Waals surface area contributed by atoms with Gasteiger partial charge in [0.1, 0.15) is 0 Å². The third kappa shape index (κ3) is 3.94. The van der Waals surface area contributed by atoms with Gasteiger partial charge >= 0.3 is 0 Å². The lowest BCUT2D eigenvalue weighted by atomic mass is 10.1. The van der Waals surface area contributed by atoms with E-state index in [4.69, 9.17) is 0 Å². The number of rotatable bonds is 5. The van der Waals surface area contributed by atoms with Crippen molar-refractivity contribution in [1.29, 1.82) is 0 Å². The summed E-state index contributed by atoms with van der Waals surface area (Å²) in [5.74, 6) is -0.0564. The molecule has 0 fully saturated rings. The number of amides is 1. The van der Waals surface area contributed by atoms with Crippen molar-refractivity contribution in [2.45, 2.75) is 33.9 Å². The molecule has 0 saturated carbocycles. The van der Waals surface area contributed by atoms with Crippen LogP contribution in [0, 0.1) is 20.8 Å². The largest absolute Gasteiger partial charge is 0.350 e. The van der Waals surface area contributed by atoms with E-state index in [0.29, 0.717) is 12.1 Å². The van der Waals surface area contributed by atoms with E-state index in [1.54, 1.807) is 0 Å². The van der Waals surface area contributed by atoms with Crippen LogP contribution in [-0.4, -0.2) is 20.3 Å². The molecule has 0 aliphatic carbocycles. The molecule has 0 atom stereocenters. The summed E-state index contributed by atoms with van der Waals surface area (Å²) in [6.45, 7) is 7.36. The Bertz CT molecular complexity index is 1200. The third-order valence-electron chi connectivity index (χ3n) is 5.33. The van der Waals surface area contributed by atoms with Gasteiger partial charge in [0.05, 0.1) is 12.2 Å². The predicted molar refractivity (Wildman–Crippen MR) is 116 cm³/mol. The Labute approximate surface area is 171 Å². The number of nitrogens with one attached hydrogen (secondary N) is 1. The van der Waals surface area contributed by atoms with E-state index >= 15 is 0 Å².